The van der Waals surface area contributed by atoms with Gasteiger partial charge in [0.05, 0.1) is 44.7 Å². The highest BCUT2D eigenvalue weighted by molar-refractivity contribution is 7.92. The lowest BCUT2D eigenvalue weighted by Crippen LogP contribution is -2.38. The lowest BCUT2D eigenvalue weighted by Gasteiger charge is -2.23. The minimum absolute atomic E-state index is 0.0234. The fourth-order valence-electron chi connectivity index (χ4n) is 3.88. The van der Waals surface area contributed by atoms with Gasteiger partial charge in [0, 0.05) is 13.0 Å². The standard InChI is InChI=1S/C28H41N3O4S/c1-5-6-7-8-9-13-21-36(34,35)30-26-18-17-24(23-15-11-10-12-16-23)22-25(26)27(32)28(33)29-19-14-20-31(2,3)4/h10-12,15-18,22H,5-9,13-14,19-21H2,1-4H3,(H-,29,30,32,33)/p+1. The van der Waals surface area contributed by atoms with Crippen LogP contribution in [0.25, 0.3) is 11.1 Å². The Morgan fingerprint density at radius 1 is 0.833 bits per heavy atom. The Balaban J connectivity index is 2.18. The molecular weight excluding hydrogens is 474 g/mol. The molecule has 8 heteroatoms. The Bertz CT molecular complexity index is 1090. The van der Waals surface area contributed by atoms with Crippen LogP contribution >= 0.6 is 0 Å². The molecule has 2 aromatic rings. The van der Waals surface area contributed by atoms with Crippen molar-refractivity contribution in [3.63, 3.8) is 0 Å². The number of nitrogens with zero attached hydrogens (tertiary/aromatic N) is 1. The van der Waals surface area contributed by atoms with Crippen LogP contribution in [0.2, 0.25) is 0 Å². The second-order valence-electron chi connectivity index (χ2n) is 10.3. The van der Waals surface area contributed by atoms with Gasteiger partial charge >= 0.3 is 0 Å². The van der Waals surface area contributed by atoms with Crippen LogP contribution in [0, 0.1) is 0 Å². The highest BCUT2D eigenvalue weighted by atomic mass is 32.2. The minimum Gasteiger partial charge on any atom is -0.349 e. The first-order valence-electron chi connectivity index (χ1n) is 12.9. The van der Waals surface area contributed by atoms with Gasteiger partial charge in [0.25, 0.3) is 11.7 Å². The SMILES string of the molecule is CCCCCCCCS(=O)(=O)Nc1ccc(-c2ccccc2)cc1C(=O)C(=O)NCCC[N+](C)(C)C. The summed E-state index contributed by atoms with van der Waals surface area (Å²) in [5.41, 5.74) is 1.78. The number of amides is 1. The van der Waals surface area contributed by atoms with Crippen LogP contribution < -0.4 is 10.0 Å². The lowest BCUT2D eigenvalue weighted by atomic mass is 9.99. The number of hydrogen-bond donors (Lipinski definition) is 2. The third-order valence-electron chi connectivity index (χ3n) is 5.90. The molecule has 198 valence electrons. The Morgan fingerprint density at radius 2 is 1.50 bits per heavy atom. The van der Waals surface area contributed by atoms with Crippen LogP contribution in [0.5, 0.6) is 0 Å². The molecule has 0 unspecified atom stereocenters. The molecule has 0 heterocycles. The predicted octanol–water partition coefficient (Wildman–Crippen LogP) is 4.85. The number of Topliss-reactive ketones (excluding diaryl/α,β-unsaturated/α-hetero) is 1. The predicted molar refractivity (Wildman–Crippen MR) is 148 cm³/mol. The van der Waals surface area contributed by atoms with Gasteiger partial charge in [0.15, 0.2) is 0 Å². The average Bonchev–Trinajstić information content (AvgIpc) is 2.83. The van der Waals surface area contributed by atoms with Gasteiger partial charge in [-0.15, -0.1) is 0 Å². The quantitative estimate of drug-likeness (QED) is 0.144. The zero-order chi connectivity index (χ0) is 26.6. The maximum atomic E-state index is 13.1. The molecule has 0 atom stereocenters. The van der Waals surface area contributed by atoms with E-state index in [0.29, 0.717) is 13.0 Å². The molecule has 0 fully saturated rings. The molecule has 7 nitrogen and oxygen atoms in total. The highest BCUT2D eigenvalue weighted by Gasteiger charge is 2.23. The molecule has 0 saturated carbocycles. The van der Waals surface area contributed by atoms with Gasteiger partial charge in [-0.25, -0.2) is 8.42 Å². The van der Waals surface area contributed by atoms with E-state index in [1.165, 1.54) is 0 Å². The molecular formula is C28H42N3O4S+. The number of rotatable bonds is 16. The first-order chi connectivity index (χ1) is 17.0. The largest absolute Gasteiger partial charge is 0.349 e. The molecule has 2 rings (SSSR count). The lowest BCUT2D eigenvalue weighted by molar-refractivity contribution is -0.870. The molecule has 0 saturated heterocycles. The minimum atomic E-state index is -3.66. The van der Waals surface area contributed by atoms with E-state index in [-0.39, 0.29) is 17.0 Å². The van der Waals surface area contributed by atoms with E-state index in [1.54, 1.807) is 18.2 Å². The third kappa shape index (κ3) is 10.5. The van der Waals surface area contributed by atoms with Crippen molar-refractivity contribution in [1.82, 2.24) is 5.32 Å². The second-order valence-corrected chi connectivity index (χ2v) is 12.1. The molecule has 2 N–H and O–H groups in total. The number of carbonyl (C=O) groups excluding carboxylic acids is 2. The van der Waals surface area contributed by atoms with Crippen LogP contribution in [0.3, 0.4) is 0 Å². The first kappa shape index (κ1) is 29.5. The molecule has 0 aliphatic heterocycles. The summed E-state index contributed by atoms with van der Waals surface area (Å²) in [6, 6.07) is 14.4. The summed E-state index contributed by atoms with van der Waals surface area (Å²) in [5, 5.41) is 2.69. The van der Waals surface area contributed by atoms with Crippen LogP contribution in [0.1, 0.15) is 62.2 Å². The van der Waals surface area contributed by atoms with E-state index in [9.17, 15) is 18.0 Å². The van der Waals surface area contributed by atoms with Crippen molar-refractivity contribution < 1.29 is 22.5 Å². The Kier molecular flexibility index (Phi) is 11.6. The van der Waals surface area contributed by atoms with E-state index in [1.807, 2.05) is 30.3 Å². The molecule has 0 spiro atoms. The van der Waals surface area contributed by atoms with E-state index < -0.39 is 21.7 Å². The Morgan fingerprint density at radius 3 is 2.17 bits per heavy atom. The molecule has 0 radical (unpaired) electrons. The van der Waals surface area contributed by atoms with E-state index in [0.717, 1.165) is 60.7 Å². The molecule has 0 bridgehead atoms. The topological polar surface area (TPSA) is 92.3 Å². The highest BCUT2D eigenvalue weighted by Crippen LogP contribution is 2.27. The number of hydrogen-bond acceptors (Lipinski definition) is 4. The van der Waals surface area contributed by atoms with Crippen molar-refractivity contribution in [1.29, 1.82) is 0 Å². The fraction of sp³-hybridized carbons (Fsp3) is 0.500. The van der Waals surface area contributed by atoms with Gasteiger partial charge in [0.2, 0.25) is 10.0 Å². The van der Waals surface area contributed by atoms with Crippen molar-refractivity contribution in [2.45, 2.75) is 51.9 Å². The first-order valence-corrected chi connectivity index (χ1v) is 14.5. The zero-order valence-electron chi connectivity index (χ0n) is 22.2. The number of benzene rings is 2. The third-order valence-corrected chi connectivity index (χ3v) is 7.26. The van der Waals surface area contributed by atoms with Crippen LogP contribution in [-0.2, 0) is 14.8 Å². The normalized spacial score (nSPS) is 11.8. The molecule has 0 aromatic heterocycles. The maximum Gasteiger partial charge on any atom is 0.292 e. The van der Waals surface area contributed by atoms with E-state index in [2.05, 4.69) is 38.1 Å². The molecule has 36 heavy (non-hydrogen) atoms. The number of nitrogens with one attached hydrogen (secondary N) is 2. The van der Waals surface area contributed by atoms with Gasteiger partial charge in [-0.05, 0) is 29.7 Å². The van der Waals surface area contributed by atoms with Crippen molar-refractivity contribution in [2.75, 3.05) is 44.7 Å². The number of anilines is 1. The van der Waals surface area contributed by atoms with Gasteiger partial charge in [-0.2, -0.15) is 0 Å². The smallest absolute Gasteiger partial charge is 0.292 e. The number of unbranched alkanes of at least 4 members (excludes halogenated alkanes) is 5. The van der Waals surface area contributed by atoms with E-state index >= 15 is 0 Å². The van der Waals surface area contributed by atoms with Gasteiger partial charge in [-0.3, -0.25) is 14.3 Å². The molecule has 2 aromatic carbocycles. The Hall–Kier alpha value is -2.71. The molecule has 0 aliphatic carbocycles. The Labute approximate surface area is 216 Å². The summed E-state index contributed by atoms with van der Waals surface area (Å²) in [7, 11) is 2.52. The summed E-state index contributed by atoms with van der Waals surface area (Å²) in [4.78, 5) is 25.8. The summed E-state index contributed by atoms with van der Waals surface area (Å²) in [5.74, 6) is -1.52. The number of sulfonamides is 1. The van der Waals surface area contributed by atoms with Crippen molar-refractivity contribution in [3.05, 3.63) is 54.1 Å². The maximum absolute atomic E-state index is 13.1. The zero-order valence-corrected chi connectivity index (χ0v) is 23.0. The fourth-order valence-corrected chi connectivity index (χ4v) is 5.08. The second kappa shape index (κ2) is 14.1. The average molecular weight is 517 g/mol. The molecule has 0 aliphatic rings. The van der Waals surface area contributed by atoms with Crippen LogP contribution in [0.15, 0.2) is 48.5 Å². The molecule has 1 amide bonds. The monoisotopic (exact) mass is 516 g/mol. The van der Waals surface area contributed by atoms with Crippen molar-refractivity contribution in [3.8, 4) is 11.1 Å². The summed E-state index contributed by atoms with van der Waals surface area (Å²) >= 11 is 0. The van der Waals surface area contributed by atoms with Crippen LogP contribution in [-0.4, -0.2) is 64.6 Å². The van der Waals surface area contributed by atoms with E-state index in [4.69, 9.17) is 0 Å². The van der Waals surface area contributed by atoms with Gasteiger partial charge in [-0.1, -0.05) is 75.4 Å². The number of quaternary nitrogens is 1. The summed E-state index contributed by atoms with van der Waals surface area (Å²) in [6.45, 7) is 3.36. The van der Waals surface area contributed by atoms with Gasteiger partial charge in [0.1, 0.15) is 0 Å². The van der Waals surface area contributed by atoms with Crippen molar-refractivity contribution in [2.24, 2.45) is 0 Å². The summed E-state index contributed by atoms with van der Waals surface area (Å²) < 4.78 is 28.9. The number of carbonyl (C=O) groups is 2. The van der Waals surface area contributed by atoms with Crippen LogP contribution in [0.4, 0.5) is 5.69 Å². The van der Waals surface area contributed by atoms with Crippen molar-refractivity contribution >= 4 is 27.4 Å². The summed E-state index contributed by atoms with van der Waals surface area (Å²) in [6.07, 6.45) is 6.53. The number of ketones is 1. The van der Waals surface area contributed by atoms with Gasteiger partial charge < -0.3 is 9.80 Å².